The maximum atomic E-state index is 3.27. The molecule has 0 aliphatic heterocycles. The Labute approximate surface area is 215 Å². The maximum Gasteiger partial charge on any atom is 3.00 e. The average Bonchev–Trinajstić information content (AvgIpc) is 3.40. The third-order valence-corrected chi connectivity index (χ3v) is 3.70. The topological polar surface area (TPSA) is 0 Å². The van der Waals surface area contributed by atoms with E-state index in [-0.39, 0.29) is 51.0 Å². The molecule has 0 atom stereocenters. The molecule has 4 radical (unpaired) electrons. The van der Waals surface area contributed by atoms with Crippen LogP contribution in [0.5, 0.6) is 0 Å². The van der Waals surface area contributed by atoms with Gasteiger partial charge >= 0.3 is 26.2 Å². The standard InChI is InChI=1S/2C9H7.C6H5.C2H3Si.2ClH.Zr/c2*1-2-5-9-7-3-6-8(9)4-1;1-2-4-6-5-3-1;1-2-3;;;/h2*1-7H;1-5H;2H,1H2;2*1H;/q3*-1;;;;+3. The van der Waals surface area contributed by atoms with Gasteiger partial charge in [-0.25, -0.2) is 0 Å². The van der Waals surface area contributed by atoms with Crippen LogP contribution in [0.3, 0.4) is 0 Å². The molecule has 0 aliphatic rings. The van der Waals surface area contributed by atoms with E-state index in [9.17, 15) is 0 Å². The Morgan fingerprint density at radius 1 is 0.667 bits per heavy atom. The second kappa shape index (κ2) is 19.3. The zero-order valence-electron chi connectivity index (χ0n) is 16.6. The molecule has 5 rings (SSSR count). The average molecular weight is 527 g/mol. The van der Waals surface area contributed by atoms with Crippen molar-refractivity contribution in [2.45, 2.75) is 0 Å². The first-order chi connectivity index (χ1) is 13.3. The molecule has 0 bridgehead atoms. The van der Waals surface area contributed by atoms with Gasteiger partial charge in [0.25, 0.3) is 0 Å². The Balaban J connectivity index is 0. The minimum atomic E-state index is 0. The normalized spacial score (nSPS) is 8.17. The van der Waals surface area contributed by atoms with Gasteiger partial charge in [-0.2, -0.15) is 71.4 Å². The largest absolute Gasteiger partial charge is 3.00 e. The van der Waals surface area contributed by atoms with E-state index in [2.05, 4.69) is 108 Å². The first kappa shape index (κ1) is 30.5. The molecule has 0 saturated carbocycles. The van der Waals surface area contributed by atoms with Crippen LogP contribution in [0, 0.1) is 6.07 Å². The van der Waals surface area contributed by atoms with E-state index in [0.29, 0.717) is 0 Å². The van der Waals surface area contributed by atoms with Crippen LogP contribution in [0.15, 0.2) is 128 Å². The predicted molar refractivity (Wildman–Crippen MR) is 135 cm³/mol. The molecule has 150 valence electrons. The number of fused-ring (bicyclic) bond motifs is 2. The van der Waals surface area contributed by atoms with Gasteiger partial charge < -0.3 is 0 Å². The fraction of sp³-hybridized carbons (Fsp3) is 0. The second-order valence-corrected chi connectivity index (χ2v) is 6.00. The van der Waals surface area contributed by atoms with Gasteiger partial charge in [-0.1, -0.05) is 12.1 Å². The Bertz CT molecular complexity index is 870. The molecule has 0 aromatic heterocycles. The van der Waals surface area contributed by atoms with Gasteiger partial charge in [-0.15, -0.1) is 96.4 Å². The van der Waals surface area contributed by atoms with Crippen molar-refractivity contribution in [2.24, 2.45) is 0 Å². The Hall–Kier alpha value is -1.70. The summed E-state index contributed by atoms with van der Waals surface area (Å²) in [7, 11) is 2.95. The summed E-state index contributed by atoms with van der Waals surface area (Å²) in [5, 5.41) is 5.32. The Morgan fingerprint density at radius 2 is 1.07 bits per heavy atom. The summed E-state index contributed by atoms with van der Waals surface area (Å²) in [6.45, 7) is 3.27. The van der Waals surface area contributed by atoms with Crippen molar-refractivity contribution in [3.8, 4) is 0 Å². The van der Waals surface area contributed by atoms with E-state index in [1.165, 1.54) is 21.5 Å². The van der Waals surface area contributed by atoms with Gasteiger partial charge in [0, 0.05) is 0 Å². The fourth-order valence-corrected chi connectivity index (χ4v) is 2.48. The van der Waals surface area contributed by atoms with E-state index in [1.54, 1.807) is 5.70 Å². The minimum Gasteiger partial charge on any atom is -0.184 e. The SMILES string of the molecule is C=C[Si].Cl.Cl.[Zr+3].[c-]1ccccc1.c1ccc2[cH-]ccc2c1.c1ccc2[cH-]ccc2c1. The van der Waals surface area contributed by atoms with Crippen LogP contribution < -0.4 is 0 Å². The molecule has 30 heavy (non-hydrogen) atoms. The summed E-state index contributed by atoms with van der Waals surface area (Å²) in [6, 6.07) is 41.8. The fourth-order valence-electron chi connectivity index (χ4n) is 2.48. The second-order valence-electron chi connectivity index (χ2n) is 5.59. The Kier molecular flexibility index (Phi) is 19.6. The molecule has 0 amide bonds. The molecule has 0 saturated heterocycles. The van der Waals surface area contributed by atoms with Crippen LogP contribution >= 0.6 is 24.8 Å². The van der Waals surface area contributed by atoms with E-state index < -0.39 is 0 Å². The van der Waals surface area contributed by atoms with Crippen molar-refractivity contribution < 1.29 is 26.2 Å². The summed E-state index contributed by atoms with van der Waals surface area (Å²) < 4.78 is 0. The van der Waals surface area contributed by atoms with Crippen LogP contribution in [0.25, 0.3) is 21.5 Å². The quantitative estimate of drug-likeness (QED) is 0.143. The van der Waals surface area contributed by atoms with Crippen molar-refractivity contribution in [1.82, 2.24) is 0 Å². The molecule has 0 N–H and O–H groups in total. The van der Waals surface area contributed by atoms with Gasteiger partial charge in [-0.3, -0.25) is 0 Å². The number of hydrogen-bond acceptors (Lipinski definition) is 0. The van der Waals surface area contributed by atoms with Crippen molar-refractivity contribution in [2.75, 3.05) is 0 Å². The van der Waals surface area contributed by atoms with Crippen LogP contribution in [0.2, 0.25) is 0 Å². The summed E-state index contributed by atoms with van der Waals surface area (Å²) >= 11 is 0. The molecule has 0 spiro atoms. The monoisotopic (exact) mass is 524 g/mol. The predicted octanol–water partition coefficient (Wildman–Crippen LogP) is 7.74. The first-order valence-electron chi connectivity index (χ1n) is 8.75. The summed E-state index contributed by atoms with van der Waals surface area (Å²) in [5.41, 5.74) is 1.56. The van der Waals surface area contributed by atoms with Gasteiger partial charge in [-0.05, 0) is 0 Å². The molecule has 0 heterocycles. The number of hydrogen-bond donors (Lipinski definition) is 0. The molecule has 0 nitrogen and oxygen atoms in total. The van der Waals surface area contributed by atoms with Gasteiger partial charge in [0.2, 0.25) is 0 Å². The van der Waals surface area contributed by atoms with Crippen molar-refractivity contribution >= 4 is 56.6 Å². The minimum absolute atomic E-state index is 0. The third kappa shape index (κ3) is 11.5. The van der Waals surface area contributed by atoms with Gasteiger partial charge in [0.05, 0.1) is 10.2 Å². The zero-order chi connectivity index (χ0) is 19.2. The van der Waals surface area contributed by atoms with Crippen molar-refractivity contribution in [1.29, 1.82) is 0 Å². The van der Waals surface area contributed by atoms with E-state index >= 15 is 0 Å². The van der Waals surface area contributed by atoms with Gasteiger partial charge in [0.1, 0.15) is 0 Å². The van der Waals surface area contributed by atoms with E-state index in [0.717, 1.165) is 0 Å². The van der Waals surface area contributed by atoms with Crippen LogP contribution in [-0.2, 0) is 26.2 Å². The molecule has 0 unspecified atom stereocenters. The smallest absolute Gasteiger partial charge is 0.184 e. The van der Waals surface area contributed by atoms with Gasteiger partial charge in [0.15, 0.2) is 0 Å². The number of benzene rings is 3. The summed E-state index contributed by atoms with van der Waals surface area (Å²) in [4.78, 5) is 0. The number of rotatable bonds is 0. The molecule has 5 aromatic rings. The zero-order valence-corrected chi connectivity index (χ0v) is 21.7. The maximum absolute atomic E-state index is 3.27. The van der Waals surface area contributed by atoms with Crippen LogP contribution in [-0.4, -0.2) is 10.2 Å². The Morgan fingerprint density at radius 3 is 1.37 bits per heavy atom. The van der Waals surface area contributed by atoms with E-state index in [1.807, 2.05) is 30.3 Å². The van der Waals surface area contributed by atoms with Crippen molar-refractivity contribution in [3.05, 3.63) is 134 Å². The van der Waals surface area contributed by atoms with Crippen LogP contribution in [0.4, 0.5) is 0 Å². The van der Waals surface area contributed by atoms with Crippen molar-refractivity contribution in [3.63, 3.8) is 0 Å². The molecule has 5 aromatic carbocycles. The molecular formula is C26H24Cl2SiZr. The number of halogens is 2. The first-order valence-corrected chi connectivity index (χ1v) is 9.33. The molecule has 0 fully saturated rings. The van der Waals surface area contributed by atoms with E-state index in [4.69, 9.17) is 0 Å². The summed E-state index contributed by atoms with van der Waals surface area (Å²) in [6.07, 6.45) is 0. The summed E-state index contributed by atoms with van der Waals surface area (Å²) in [5.74, 6) is 0. The third-order valence-electron chi connectivity index (χ3n) is 3.70. The van der Waals surface area contributed by atoms with Crippen LogP contribution in [0.1, 0.15) is 0 Å². The molecule has 4 heteroatoms. The molecule has 0 aliphatic carbocycles. The molecular weight excluding hydrogens is 503 g/mol.